The van der Waals surface area contributed by atoms with Crippen LogP contribution in [0.2, 0.25) is 0 Å². The van der Waals surface area contributed by atoms with Crippen LogP contribution in [-0.4, -0.2) is 66.3 Å². The number of methoxy groups -OCH3 is 1. The zero-order valence-electron chi connectivity index (χ0n) is 41.2. The third kappa shape index (κ3) is 11.5. The Morgan fingerprint density at radius 2 is 1.52 bits per heavy atom. The maximum absolute atomic E-state index is 14.4. The zero-order valence-corrected chi connectivity index (χ0v) is 42.6. The van der Waals surface area contributed by atoms with Gasteiger partial charge in [-0.2, -0.15) is 11.4 Å². The number of carbonyl (C=O) groups excluding carboxylic acids is 4. The molecule has 1 unspecified atom stereocenters. The molecule has 0 N–H and O–H groups in total. The topological polar surface area (TPSA) is 143 Å². The molecule has 0 saturated carbocycles. The molecule has 11 heteroatoms. The molecule has 0 aromatic carbocycles. The van der Waals surface area contributed by atoms with Crippen LogP contribution in [0.15, 0.2) is 34.3 Å². The molecule has 6 rings (SSSR count). The first-order valence-corrected chi connectivity index (χ1v) is 24.2. The summed E-state index contributed by atoms with van der Waals surface area (Å²) in [7, 11) is 1.29. The summed E-state index contributed by atoms with van der Waals surface area (Å²) in [4.78, 5) is 64.7. The van der Waals surface area contributed by atoms with E-state index in [1.165, 1.54) is 64.0 Å². The SMILES string of the molecule is CCCCC[C@@H](C)CCC[C@@H](C)CCC/C(C)=C/COC(=O)CC[C@@H]1C2[N-]/C(=C\c3[n-]c(c(C(C)=O)c3C)/C=C3\[N-]C(=C(CC)[C@H]3C)/C=c3\[n-]c4c(c3C)C(=O)[C@H](C(=O)OC)C=42)[C@H]1C.[Mg+2]. The summed E-state index contributed by atoms with van der Waals surface area (Å²) in [6.07, 6.45) is 21.6. The quantitative estimate of drug-likeness (QED) is 0.0319. The number of aromatic nitrogens is 2. The Bertz CT molecular complexity index is 2360. The van der Waals surface area contributed by atoms with Crippen LogP contribution < -0.4 is 20.7 Å². The summed E-state index contributed by atoms with van der Waals surface area (Å²) in [5.41, 5.74) is 8.66. The summed E-state index contributed by atoms with van der Waals surface area (Å²) in [6.45, 7) is 20.9. The van der Waals surface area contributed by atoms with Crippen LogP contribution in [-0.2, 0) is 19.1 Å². The fraction of sp³-hybridized carbons (Fsp3) is 0.593. The second-order valence-electron chi connectivity index (χ2n) is 19.3. The van der Waals surface area contributed by atoms with E-state index in [1.807, 2.05) is 38.2 Å². The number of hydrogen-bond acceptors (Lipinski definition) is 6. The molecule has 3 aliphatic heterocycles. The third-order valence-corrected chi connectivity index (χ3v) is 14.6. The maximum Gasteiger partial charge on any atom is 2.00 e. The van der Waals surface area contributed by atoms with E-state index in [0.29, 0.717) is 62.4 Å². The van der Waals surface area contributed by atoms with Gasteiger partial charge < -0.3 is 30.1 Å². The summed E-state index contributed by atoms with van der Waals surface area (Å²) < 4.78 is 11.0. The Morgan fingerprint density at radius 1 is 0.846 bits per heavy atom. The summed E-state index contributed by atoms with van der Waals surface area (Å²) >= 11 is 0. The van der Waals surface area contributed by atoms with Crippen molar-refractivity contribution in [2.45, 2.75) is 159 Å². The van der Waals surface area contributed by atoms with Gasteiger partial charge >= 0.3 is 35.0 Å². The van der Waals surface area contributed by atoms with Crippen molar-refractivity contribution < 1.29 is 28.7 Å². The predicted octanol–water partition coefficient (Wildman–Crippen LogP) is 10.5. The standard InChI is InChI=1S/C54H73N4O6.Mg/c1-12-14-15-18-30(3)19-16-20-31(4)21-17-22-32(5)25-26-64-46(60)24-23-39-34(7)41-27-42-35(8)47(37(10)59)45(56-42)29-40-33(6)38(13-2)44(55-40)28-43-36(9)48-52(58-43)49(51(39)57-41)50(53(48)61)54(62)63-11;/h25,27-31,33-34,39,50-51H,12-24,26H2,1-11H3,(H-,55,56,59);/q-3;+2/p-1/b32-25+,41-27-,43-28-;/t30-,31-,33-,34+,39+,50-,51?;/m1./s1. The van der Waals surface area contributed by atoms with Crippen molar-refractivity contribution in [2.75, 3.05) is 13.7 Å². The molecule has 2 aromatic heterocycles. The molecule has 65 heavy (non-hydrogen) atoms. The van der Waals surface area contributed by atoms with Crippen molar-refractivity contribution in [3.05, 3.63) is 89.3 Å². The smallest absolute Gasteiger partial charge is 0.681 e. The molecule has 10 nitrogen and oxygen atoms in total. The largest absolute Gasteiger partial charge is 2.00 e. The molecule has 1 fully saturated rings. The van der Waals surface area contributed by atoms with E-state index in [0.717, 1.165) is 47.7 Å². The van der Waals surface area contributed by atoms with Crippen molar-refractivity contribution in [3.63, 3.8) is 0 Å². The van der Waals surface area contributed by atoms with Crippen molar-refractivity contribution >= 4 is 70.4 Å². The van der Waals surface area contributed by atoms with Gasteiger partial charge in [0.2, 0.25) is 0 Å². The van der Waals surface area contributed by atoms with Gasteiger partial charge in [0.15, 0.2) is 11.6 Å². The number of Topliss-reactive ketones (excluding diaryl/α,β-unsaturated/α-hetero) is 2. The molecule has 348 valence electrons. The average Bonchev–Trinajstić information content (AvgIpc) is 4.00. The van der Waals surface area contributed by atoms with Crippen LogP contribution in [0.1, 0.15) is 182 Å². The number of nitrogens with zero attached hydrogens (tertiary/aromatic N) is 4. The number of allylic oxidation sites excluding steroid dienone is 4. The first-order valence-electron chi connectivity index (χ1n) is 24.2. The van der Waals surface area contributed by atoms with Crippen LogP contribution in [0, 0.1) is 49.4 Å². The molecule has 0 radical (unpaired) electrons. The van der Waals surface area contributed by atoms with Gasteiger partial charge in [-0.3, -0.25) is 19.2 Å². The first-order chi connectivity index (χ1) is 30.6. The number of unbranched alkanes of at least 4 members (excludes halogenated alkanes) is 2. The second-order valence-corrected chi connectivity index (χ2v) is 19.3. The molecule has 0 spiro atoms. The van der Waals surface area contributed by atoms with E-state index < -0.39 is 17.9 Å². The fourth-order valence-electron chi connectivity index (χ4n) is 10.5. The Hall–Kier alpha value is -4.09. The van der Waals surface area contributed by atoms with Gasteiger partial charge in [0, 0.05) is 17.5 Å². The van der Waals surface area contributed by atoms with Crippen LogP contribution in [0.5, 0.6) is 0 Å². The van der Waals surface area contributed by atoms with Gasteiger partial charge in [0.1, 0.15) is 12.5 Å². The second kappa shape index (κ2) is 23.1. The molecule has 1 saturated heterocycles. The van der Waals surface area contributed by atoms with E-state index in [1.54, 1.807) is 6.92 Å². The van der Waals surface area contributed by atoms with Crippen LogP contribution in [0.3, 0.4) is 0 Å². The summed E-state index contributed by atoms with van der Waals surface area (Å²) in [5.74, 6) is -1.62. The molecule has 5 heterocycles. The van der Waals surface area contributed by atoms with Crippen molar-refractivity contribution in [1.29, 1.82) is 0 Å². The minimum absolute atomic E-state index is 0. The van der Waals surface area contributed by atoms with Crippen molar-refractivity contribution in [3.8, 4) is 0 Å². The molecule has 1 aliphatic carbocycles. The number of esters is 2. The Morgan fingerprint density at radius 3 is 2.18 bits per heavy atom. The first kappa shape index (κ1) is 51.9. The molecule has 8 bridgehead atoms. The van der Waals surface area contributed by atoms with Gasteiger partial charge in [-0.15, -0.1) is 27.8 Å². The minimum Gasteiger partial charge on any atom is -0.681 e. The Labute approximate surface area is 404 Å². The van der Waals surface area contributed by atoms with E-state index in [9.17, 15) is 19.2 Å². The molecular weight excluding hydrogens is 825 g/mol. The van der Waals surface area contributed by atoms with E-state index in [2.05, 4.69) is 48.5 Å². The number of ether oxygens (including phenoxy) is 2. The number of ketones is 2. The van der Waals surface area contributed by atoms with Crippen LogP contribution in [0.4, 0.5) is 0 Å². The number of hydrogen-bond donors (Lipinski definition) is 0. The summed E-state index contributed by atoms with van der Waals surface area (Å²) in [5, 5.41) is 11.4. The number of fused-ring (bicyclic) bond motifs is 8. The molecule has 0 amide bonds. The minimum atomic E-state index is -1.21. The zero-order chi connectivity index (χ0) is 46.4. The van der Waals surface area contributed by atoms with Crippen molar-refractivity contribution in [1.82, 2.24) is 9.97 Å². The number of carbonyl (C=O) groups is 4. The molecule has 2 aromatic rings. The predicted molar refractivity (Wildman–Crippen MR) is 261 cm³/mol. The maximum atomic E-state index is 14.4. The molecule has 4 aliphatic rings. The third-order valence-electron chi connectivity index (χ3n) is 14.6. The van der Waals surface area contributed by atoms with Crippen LogP contribution >= 0.6 is 0 Å². The van der Waals surface area contributed by atoms with E-state index >= 15 is 0 Å². The fourth-order valence-corrected chi connectivity index (χ4v) is 10.5. The van der Waals surface area contributed by atoms with Crippen molar-refractivity contribution in [2.24, 2.45) is 35.5 Å². The molecule has 7 atom stereocenters. The Kier molecular flexibility index (Phi) is 18.4. The number of rotatable bonds is 20. The van der Waals surface area contributed by atoms with Gasteiger partial charge in [-0.25, -0.2) is 0 Å². The average molecular weight is 897 g/mol. The van der Waals surface area contributed by atoms with Gasteiger partial charge in [0.05, 0.1) is 7.11 Å². The van der Waals surface area contributed by atoms with Gasteiger partial charge in [-0.1, -0.05) is 145 Å². The van der Waals surface area contributed by atoms with E-state index in [-0.39, 0.29) is 71.4 Å². The molecular formula is C54H72MgN4O6-2. The summed E-state index contributed by atoms with van der Waals surface area (Å²) in [6, 6.07) is -0.660. The van der Waals surface area contributed by atoms with Crippen LogP contribution in [0.25, 0.3) is 34.4 Å². The normalized spacial score (nSPS) is 24.2. The monoisotopic (exact) mass is 897 g/mol. The van der Waals surface area contributed by atoms with Gasteiger partial charge in [0.25, 0.3) is 0 Å². The Balaban J connectivity index is 0.00000793. The van der Waals surface area contributed by atoms with E-state index in [4.69, 9.17) is 30.1 Å². The van der Waals surface area contributed by atoms with Gasteiger partial charge in [-0.05, 0) is 89.0 Å².